The van der Waals surface area contributed by atoms with Crippen LogP contribution in [-0.2, 0) is 0 Å². The molecule has 0 saturated heterocycles. The Bertz CT molecular complexity index is 373. The summed E-state index contributed by atoms with van der Waals surface area (Å²) in [5.74, 6) is 0.267. The number of amides is 1. The number of carbonyl (C=O) groups excluding carboxylic acids is 1. The van der Waals surface area contributed by atoms with Gasteiger partial charge >= 0.3 is 0 Å². The zero-order chi connectivity index (χ0) is 12.8. The molecule has 0 radical (unpaired) electrons. The van der Waals surface area contributed by atoms with Gasteiger partial charge in [0, 0.05) is 16.7 Å². The zero-order valence-electron chi connectivity index (χ0n) is 10.2. The normalized spacial score (nSPS) is 12.2. The van der Waals surface area contributed by atoms with Gasteiger partial charge in [0.1, 0.15) is 0 Å². The Morgan fingerprint density at radius 3 is 2.82 bits per heavy atom. The summed E-state index contributed by atoms with van der Waals surface area (Å²) in [5, 5.41) is 11.7. The second-order valence-electron chi connectivity index (χ2n) is 4.26. The summed E-state index contributed by atoms with van der Waals surface area (Å²) in [6.07, 6.45) is 0.713. The number of hydrogen-bond acceptors (Lipinski definition) is 2. The first-order valence-electron chi connectivity index (χ1n) is 5.70. The van der Waals surface area contributed by atoms with Crippen molar-refractivity contribution in [3.8, 4) is 0 Å². The highest BCUT2D eigenvalue weighted by molar-refractivity contribution is 14.1. The van der Waals surface area contributed by atoms with E-state index < -0.39 is 0 Å². The second kappa shape index (κ2) is 6.96. The average molecular weight is 347 g/mol. The van der Waals surface area contributed by atoms with Crippen LogP contribution in [0.15, 0.2) is 18.2 Å². The van der Waals surface area contributed by atoms with Crippen molar-refractivity contribution in [2.45, 2.75) is 20.3 Å². The predicted octanol–water partition coefficient (Wildman–Crippen LogP) is 2.35. The lowest BCUT2D eigenvalue weighted by Gasteiger charge is -2.13. The Hall–Kier alpha value is -0.620. The molecular weight excluding hydrogens is 329 g/mol. The first-order valence-corrected chi connectivity index (χ1v) is 6.78. The van der Waals surface area contributed by atoms with E-state index in [1.807, 2.05) is 32.0 Å². The van der Waals surface area contributed by atoms with E-state index in [9.17, 15) is 4.79 Å². The summed E-state index contributed by atoms with van der Waals surface area (Å²) >= 11 is 2.17. The van der Waals surface area contributed by atoms with Gasteiger partial charge in [0.25, 0.3) is 5.91 Å². The van der Waals surface area contributed by atoms with Crippen molar-refractivity contribution in [3.05, 3.63) is 32.9 Å². The van der Waals surface area contributed by atoms with Crippen molar-refractivity contribution in [2.75, 3.05) is 13.2 Å². The number of aliphatic hydroxyl groups excluding tert-OH is 1. The van der Waals surface area contributed by atoms with Gasteiger partial charge in [-0.15, -0.1) is 0 Å². The molecule has 0 heterocycles. The molecule has 3 nitrogen and oxygen atoms in total. The molecule has 0 aliphatic heterocycles. The van der Waals surface area contributed by atoms with Crippen LogP contribution in [0, 0.1) is 16.4 Å². The molecule has 4 heteroatoms. The Morgan fingerprint density at radius 2 is 2.24 bits per heavy atom. The molecule has 0 aliphatic carbocycles. The van der Waals surface area contributed by atoms with E-state index in [-0.39, 0.29) is 12.5 Å². The molecule has 0 aliphatic rings. The van der Waals surface area contributed by atoms with E-state index in [0.29, 0.717) is 18.9 Å². The molecule has 17 heavy (non-hydrogen) atoms. The minimum Gasteiger partial charge on any atom is -0.396 e. The molecule has 0 saturated carbocycles. The average Bonchev–Trinajstić information content (AvgIpc) is 2.26. The highest BCUT2D eigenvalue weighted by atomic mass is 127. The third-order valence-electron chi connectivity index (χ3n) is 2.68. The van der Waals surface area contributed by atoms with Crippen molar-refractivity contribution in [2.24, 2.45) is 5.92 Å². The third-order valence-corrected chi connectivity index (χ3v) is 3.58. The van der Waals surface area contributed by atoms with Gasteiger partial charge < -0.3 is 10.4 Å². The van der Waals surface area contributed by atoms with Crippen LogP contribution in [0.3, 0.4) is 0 Å². The quantitative estimate of drug-likeness (QED) is 0.804. The maximum absolute atomic E-state index is 12.0. The smallest absolute Gasteiger partial charge is 0.252 e. The number of nitrogens with one attached hydrogen (secondary N) is 1. The molecule has 1 rings (SSSR count). The largest absolute Gasteiger partial charge is 0.396 e. The first kappa shape index (κ1) is 14.4. The lowest BCUT2D eigenvalue weighted by Crippen LogP contribution is -2.29. The lowest BCUT2D eigenvalue weighted by atomic mass is 10.1. The van der Waals surface area contributed by atoms with Gasteiger partial charge in [-0.1, -0.05) is 19.1 Å². The van der Waals surface area contributed by atoms with Crippen molar-refractivity contribution < 1.29 is 9.90 Å². The Morgan fingerprint density at radius 1 is 1.53 bits per heavy atom. The van der Waals surface area contributed by atoms with E-state index in [4.69, 9.17) is 5.11 Å². The Labute approximate surface area is 116 Å². The number of halogens is 1. The highest BCUT2D eigenvalue weighted by Crippen LogP contribution is 2.16. The standard InChI is InChI=1S/C13H18INO2/c1-9(6-7-16)8-15-13(17)12-10(2)4-3-5-11(12)14/h3-5,9,16H,6-8H2,1-2H3,(H,15,17). The second-order valence-corrected chi connectivity index (χ2v) is 5.42. The summed E-state index contributed by atoms with van der Waals surface area (Å²) in [6.45, 7) is 4.72. The minimum atomic E-state index is -0.0303. The van der Waals surface area contributed by atoms with Crippen LogP contribution in [0.1, 0.15) is 29.3 Å². The SMILES string of the molecule is Cc1cccc(I)c1C(=O)NCC(C)CCO. The number of hydrogen-bond donors (Lipinski definition) is 2. The van der Waals surface area contributed by atoms with Crippen LogP contribution in [0.2, 0.25) is 0 Å². The van der Waals surface area contributed by atoms with Crippen molar-refractivity contribution >= 4 is 28.5 Å². The van der Waals surface area contributed by atoms with E-state index in [0.717, 1.165) is 14.7 Å². The number of carbonyl (C=O) groups is 1. The summed E-state index contributed by atoms with van der Waals surface area (Å²) in [4.78, 5) is 12.0. The summed E-state index contributed by atoms with van der Waals surface area (Å²) in [6, 6.07) is 5.82. The number of rotatable bonds is 5. The topological polar surface area (TPSA) is 49.3 Å². The van der Waals surface area contributed by atoms with Crippen molar-refractivity contribution in [1.82, 2.24) is 5.32 Å². The van der Waals surface area contributed by atoms with E-state index >= 15 is 0 Å². The molecule has 2 N–H and O–H groups in total. The molecule has 0 aromatic heterocycles. The highest BCUT2D eigenvalue weighted by Gasteiger charge is 2.13. The van der Waals surface area contributed by atoms with Crippen LogP contribution in [0.25, 0.3) is 0 Å². The predicted molar refractivity (Wildman–Crippen MR) is 77.1 cm³/mol. The lowest BCUT2D eigenvalue weighted by molar-refractivity contribution is 0.0944. The van der Waals surface area contributed by atoms with E-state index in [1.165, 1.54) is 0 Å². The van der Waals surface area contributed by atoms with Gasteiger partial charge in [-0.25, -0.2) is 0 Å². The Kier molecular flexibility index (Phi) is 5.91. The monoisotopic (exact) mass is 347 g/mol. The Balaban J connectivity index is 2.64. The maximum atomic E-state index is 12.0. The first-order chi connectivity index (χ1) is 8.06. The molecule has 0 spiro atoms. The van der Waals surface area contributed by atoms with Gasteiger partial charge in [-0.05, 0) is 53.5 Å². The van der Waals surface area contributed by atoms with Gasteiger partial charge in [0.15, 0.2) is 0 Å². The van der Waals surface area contributed by atoms with Crippen LogP contribution in [0.4, 0.5) is 0 Å². The zero-order valence-corrected chi connectivity index (χ0v) is 12.3. The van der Waals surface area contributed by atoms with Gasteiger partial charge in [-0.2, -0.15) is 0 Å². The van der Waals surface area contributed by atoms with Crippen molar-refractivity contribution in [3.63, 3.8) is 0 Å². The fraction of sp³-hybridized carbons (Fsp3) is 0.462. The number of aryl methyl sites for hydroxylation is 1. The van der Waals surface area contributed by atoms with Gasteiger partial charge in [0.2, 0.25) is 0 Å². The summed E-state index contributed by atoms with van der Waals surface area (Å²) in [7, 11) is 0. The van der Waals surface area contributed by atoms with Crippen LogP contribution < -0.4 is 5.32 Å². The van der Waals surface area contributed by atoms with E-state index in [2.05, 4.69) is 27.9 Å². The fourth-order valence-corrected chi connectivity index (χ4v) is 2.48. The van der Waals surface area contributed by atoms with Crippen molar-refractivity contribution in [1.29, 1.82) is 0 Å². The third kappa shape index (κ3) is 4.27. The van der Waals surface area contributed by atoms with Gasteiger partial charge in [-0.3, -0.25) is 4.79 Å². The van der Waals surface area contributed by atoms with Crippen LogP contribution in [-0.4, -0.2) is 24.2 Å². The molecule has 1 aromatic carbocycles. The molecule has 94 valence electrons. The molecule has 1 aromatic rings. The number of benzene rings is 1. The fourth-order valence-electron chi connectivity index (χ4n) is 1.60. The van der Waals surface area contributed by atoms with Gasteiger partial charge in [0.05, 0.1) is 5.56 Å². The van der Waals surface area contributed by atoms with Crippen LogP contribution in [0.5, 0.6) is 0 Å². The molecule has 1 atom stereocenters. The molecular formula is C13H18INO2. The molecule has 1 unspecified atom stereocenters. The van der Waals surface area contributed by atoms with Crippen LogP contribution >= 0.6 is 22.6 Å². The van der Waals surface area contributed by atoms with E-state index in [1.54, 1.807) is 0 Å². The maximum Gasteiger partial charge on any atom is 0.252 e. The minimum absolute atomic E-state index is 0.0303. The molecule has 0 fully saturated rings. The summed E-state index contributed by atoms with van der Waals surface area (Å²) < 4.78 is 0.968. The summed E-state index contributed by atoms with van der Waals surface area (Å²) in [5.41, 5.74) is 1.74. The molecule has 0 bridgehead atoms. The molecule has 1 amide bonds. The number of aliphatic hydroxyl groups is 1.